The van der Waals surface area contributed by atoms with Gasteiger partial charge in [-0.05, 0) is 17.7 Å². The number of nitrogen functional groups attached to an aromatic ring is 1. The lowest BCUT2D eigenvalue weighted by Gasteiger charge is -1.99. The number of nitrogens with one attached hydrogen (secondary N) is 1. The van der Waals surface area contributed by atoms with Crippen LogP contribution in [0.15, 0.2) is 30.3 Å². The predicted octanol–water partition coefficient (Wildman–Crippen LogP) is 1.90. The molecule has 1 aromatic carbocycles. The first-order valence-electron chi connectivity index (χ1n) is 3.97. The molecule has 0 bridgehead atoms. The van der Waals surface area contributed by atoms with Crippen LogP contribution < -0.4 is 11.3 Å². The van der Waals surface area contributed by atoms with Gasteiger partial charge in [0.1, 0.15) is 0 Å². The molecule has 0 aliphatic rings. The van der Waals surface area contributed by atoms with Crippen molar-refractivity contribution < 1.29 is 0 Å². The van der Waals surface area contributed by atoms with Gasteiger partial charge in [0.2, 0.25) is 0 Å². The Balaban J connectivity index is 2.73. The van der Waals surface area contributed by atoms with Crippen molar-refractivity contribution in [3.8, 4) is 6.07 Å². The number of benzene rings is 1. The maximum atomic E-state index is 8.31. The highest BCUT2D eigenvalue weighted by Gasteiger charge is 1.88. The molecule has 1 aromatic rings. The summed E-state index contributed by atoms with van der Waals surface area (Å²) in [5.74, 6) is 5.25. The fourth-order valence-electron chi connectivity index (χ4n) is 0.980. The monoisotopic (exact) mass is 173 g/mol. The number of allylic oxidation sites excluding steroid dienone is 1. The zero-order chi connectivity index (χ0) is 9.52. The van der Waals surface area contributed by atoms with E-state index in [-0.39, 0.29) is 0 Å². The van der Waals surface area contributed by atoms with E-state index in [1.807, 2.05) is 42.5 Å². The van der Waals surface area contributed by atoms with Crippen LogP contribution in [-0.2, 0) is 0 Å². The average molecular weight is 173 g/mol. The second kappa shape index (κ2) is 4.96. The third-order valence-electron chi connectivity index (χ3n) is 1.57. The number of nitriles is 1. The second-order valence-electron chi connectivity index (χ2n) is 2.53. The average Bonchev–Trinajstić information content (AvgIpc) is 2.19. The summed E-state index contributed by atoms with van der Waals surface area (Å²) in [5, 5.41) is 8.31. The molecule has 0 amide bonds. The van der Waals surface area contributed by atoms with Crippen LogP contribution in [0.25, 0.3) is 6.08 Å². The van der Waals surface area contributed by atoms with Gasteiger partial charge in [-0.2, -0.15) is 5.26 Å². The highest BCUT2D eigenvalue weighted by atomic mass is 15.2. The fourth-order valence-corrected chi connectivity index (χ4v) is 0.980. The van der Waals surface area contributed by atoms with E-state index in [0.717, 1.165) is 11.3 Å². The number of hydrogen-bond donors (Lipinski definition) is 2. The number of nitrogens with two attached hydrogens (primary N) is 1. The summed E-state index contributed by atoms with van der Waals surface area (Å²) in [4.78, 5) is 0. The van der Waals surface area contributed by atoms with E-state index in [2.05, 4.69) is 5.43 Å². The molecule has 0 fully saturated rings. The van der Waals surface area contributed by atoms with Gasteiger partial charge in [-0.15, -0.1) is 0 Å². The third kappa shape index (κ3) is 2.97. The van der Waals surface area contributed by atoms with Crippen molar-refractivity contribution in [2.45, 2.75) is 6.42 Å². The van der Waals surface area contributed by atoms with Gasteiger partial charge in [-0.25, -0.2) is 0 Å². The third-order valence-corrected chi connectivity index (χ3v) is 1.57. The number of nitrogens with zero attached hydrogens (tertiary/aromatic N) is 1. The van der Waals surface area contributed by atoms with Crippen LogP contribution in [0, 0.1) is 11.3 Å². The number of anilines is 1. The molecule has 0 saturated heterocycles. The van der Waals surface area contributed by atoms with Crippen LogP contribution in [0.4, 0.5) is 5.69 Å². The Morgan fingerprint density at radius 3 is 3.08 bits per heavy atom. The Hall–Kier alpha value is -1.79. The van der Waals surface area contributed by atoms with Crippen molar-refractivity contribution in [1.29, 1.82) is 5.26 Å². The normalized spacial score (nSPS) is 9.85. The van der Waals surface area contributed by atoms with E-state index in [4.69, 9.17) is 11.1 Å². The second-order valence-corrected chi connectivity index (χ2v) is 2.53. The molecule has 66 valence electrons. The largest absolute Gasteiger partial charge is 0.324 e. The number of rotatable bonds is 3. The minimum Gasteiger partial charge on any atom is -0.324 e. The van der Waals surface area contributed by atoms with Crippen molar-refractivity contribution in [1.82, 2.24) is 0 Å². The summed E-state index contributed by atoms with van der Waals surface area (Å²) in [6, 6.07) is 9.68. The zero-order valence-corrected chi connectivity index (χ0v) is 7.20. The molecule has 3 heteroatoms. The molecule has 0 atom stereocenters. The van der Waals surface area contributed by atoms with Crippen molar-refractivity contribution in [3.05, 3.63) is 35.9 Å². The van der Waals surface area contributed by atoms with Crippen LogP contribution >= 0.6 is 0 Å². The molecule has 13 heavy (non-hydrogen) atoms. The summed E-state index contributed by atoms with van der Waals surface area (Å²) < 4.78 is 0. The van der Waals surface area contributed by atoms with Gasteiger partial charge in [-0.3, -0.25) is 5.84 Å². The predicted molar refractivity (Wildman–Crippen MR) is 53.5 cm³/mol. The van der Waals surface area contributed by atoms with E-state index in [9.17, 15) is 0 Å². The van der Waals surface area contributed by atoms with Crippen LogP contribution in [0.3, 0.4) is 0 Å². The van der Waals surface area contributed by atoms with E-state index < -0.39 is 0 Å². The molecule has 0 unspecified atom stereocenters. The molecule has 0 aliphatic carbocycles. The molecule has 0 spiro atoms. The van der Waals surface area contributed by atoms with Gasteiger partial charge in [0.15, 0.2) is 0 Å². The van der Waals surface area contributed by atoms with Crippen molar-refractivity contribution in [2.75, 3.05) is 5.43 Å². The molecule has 3 N–H and O–H groups in total. The summed E-state index contributed by atoms with van der Waals surface area (Å²) in [6.07, 6.45) is 4.14. The molecule has 3 nitrogen and oxygen atoms in total. The van der Waals surface area contributed by atoms with Gasteiger partial charge in [0.05, 0.1) is 12.5 Å². The van der Waals surface area contributed by atoms with Crippen molar-refractivity contribution >= 4 is 11.8 Å². The SMILES string of the molecule is N#CCC=Cc1cccc(NN)c1. The highest BCUT2D eigenvalue weighted by Crippen LogP contribution is 2.10. The molecule has 0 aliphatic heterocycles. The summed E-state index contributed by atoms with van der Waals surface area (Å²) in [6.45, 7) is 0. The standard InChI is InChI=1S/C10H11N3/c11-7-2-1-4-9-5-3-6-10(8-9)13-12/h1,3-6,8,13H,2,12H2. The van der Waals surface area contributed by atoms with Gasteiger partial charge in [-0.1, -0.05) is 24.3 Å². The van der Waals surface area contributed by atoms with Crippen LogP contribution in [0.5, 0.6) is 0 Å². The van der Waals surface area contributed by atoms with Crippen LogP contribution in [0.2, 0.25) is 0 Å². The molecular formula is C10H11N3. The Bertz CT molecular complexity index is 336. The summed E-state index contributed by atoms with van der Waals surface area (Å²) >= 11 is 0. The molecule has 0 heterocycles. The maximum Gasteiger partial charge on any atom is 0.0663 e. The zero-order valence-electron chi connectivity index (χ0n) is 7.20. The molecule has 0 radical (unpaired) electrons. The Morgan fingerprint density at radius 2 is 2.38 bits per heavy atom. The van der Waals surface area contributed by atoms with Crippen molar-refractivity contribution in [2.24, 2.45) is 5.84 Å². The minimum absolute atomic E-state index is 0.431. The van der Waals surface area contributed by atoms with Gasteiger partial charge in [0.25, 0.3) is 0 Å². The Morgan fingerprint density at radius 1 is 1.54 bits per heavy atom. The summed E-state index contributed by atoms with van der Waals surface area (Å²) in [5.41, 5.74) is 4.45. The maximum absolute atomic E-state index is 8.31. The van der Waals surface area contributed by atoms with Crippen LogP contribution in [-0.4, -0.2) is 0 Å². The van der Waals surface area contributed by atoms with E-state index >= 15 is 0 Å². The molecular weight excluding hydrogens is 162 g/mol. The van der Waals surface area contributed by atoms with Crippen molar-refractivity contribution in [3.63, 3.8) is 0 Å². The minimum atomic E-state index is 0.431. The Kier molecular flexibility index (Phi) is 3.55. The van der Waals surface area contributed by atoms with Gasteiger partial charge < -0.3 is 5.43 Å². The van der Waals surface area contributed by atoms with E-state index in [0.29, 0.717) is 6.42 Å². The highest BCUT2D eigenvalue weighted by molar-refractivity contribution is 5.56. The first-order valence-corrected chi connectivity index (χ1v) is 3.97. The van der Waals surface area contributed by atoms with Gasteiger partial charge in [0, 0.05) is 5.69 Å². The lowest BCUT2D eigenvalue weighted by atomic mass is 10.2. The first kappa shape index (κ1) is 9.30. The smallest absolute Gasteiger partial charge is 0.0663 e. The molecule has 0 saturated carbocycles. The molecule has 1 rings (SSSR count). The number of hydrazine groups is 1. The van der Waals surface area contributed by atoms with E-state index in [1.165, 1.54) is 0 Å². The first-order chi connectivity index (χ1) is 6.36. The summed E-state index contributed by atoms with van der Waals surface area (Å²) in [7, 11) is 0. The fraction of sp³-hybridized carbons (Fsp3) is 0.100. The molecule has 0 aromatic heterocycles. The lowest BCUT2D eigenvalue weighted by molar-refractivity contribution is 1.34. The van der Waals surface area contributed by atoms with E-state index in [1.54, 1.807) is 0 Å². The topological polar surface area (TPSA) is 61.8 Å². The quantitative estimate of drug-likeness (QED) is 0.542. The number of hydrogen-bond acceptors (Lipinski definition) is 3. The van der Waals surface area contributed by atoms with Gasteiger partial charge >= 0.3 is 0 Å². The van der Waals surface area contributed by atoms with Crippen LogP contribution in [0.1, 0.15) is 12.0 Å². The Labute approximate surface area is 77.5 Å². The lowest BCUT2D eigenvalue weighted by Crippen LogP contribution is -2.06.